The van der Waals surface area contributed by atoms with Crippen molar-refractivity contribution in [1.29, 1.82) is 0 Å². The molecule has 1 unspecified atom stereocenters. The number of aliphatic hydroxyl groups excluding tert-OH is 1. The molecule has 0 bridgehead atoms. The molecule has 0 amide bonds. The quantitative estimate of drug-likeness (QED) is 0.865. The third-order valence-electron chi connectivity index (χ3n) is 2.24. The molecule has 4 heteroatoms. The molecule has 0 aliphatic carbocycles. The van der Waals surface area contributed by atoms with Gasteiger partial charge in [-0.25, -0.2) is 8.78 Å². The van der Waals surface area contributed by atoms with E-state index in [1.165, 1.54) is 0 Å². The topological polar surface area (TPSA) is 29.5 Å². The summed E-state index contributed by atoms with van der Waals surface area (Å²) >= 11 is 0. The third kappa shape index (κ3) is 3.77. The van der Waals surface area contributed by atoms with Crippen LogP contribution in [0.15, 0.2) is 18.2 Å². The average molecular weight is 230 g/mol. The highest BCUT2D eigenvalue weighted by molar-refractivity contribution is 5.23. The van der Waals surface area contributed by atoms with Crippen molar-refractivity contribution in [3.8, 4) is 5.75 Å². The molecule has 0 aliphatic heterocycles. The SMILES string of the molecule is CC(C)(C)C(O)COc1cc(F)cc(F)c1. The maximum Gasteiger partial charge on any atom is 0.129 e. The first-order valence-corrected chi connectivity index (χ1v) is 5.06. The number of aliphatic hydroxyl groups is 1. The minimum absolute atomic E-state index is 0.00634. The Balaban J connectivity index is 2.61. The molecule has 0 saturated carbocycles. The summed E-state index contributed by atoms with van der Waals surface area (Å²) in [5.74, 6) is -1.30. The van der Waals surface area contributed by atoms with E-state index in [1.54, 1.807) is 0 Å². The van der Waals surface area contributed by atoms with E-state index in [0.717, 1.165) is 18.2 Å². The Hall–Kier alpha value is -1.16. The summed E-state index contributed by atoms with van der Waals surface area (Å²) in [6, 6.07) is 2.93. The fourth-order valence-electron chi connectivity index (χ4n) is 1.04. The first-order chi connectivity index (χ1) is 7.29. The molecule has 1 aromatic carbocycles. The summed E-state index contributed by atoms with van der Waals surface area (Å²) < 4.78 is 30.7. The van der Waals surface area contributed by atoms with Gasteiger partial charge in [0, 0.05) is 18.2 Å². The summed E-state index contributed by atoms with van der Waals surface area (Å²) in [6.45, 7) is 5.57. The van der Waals surface area contributed by atoms with Crippen LogP contribution in [0.5, 0.6) is 5.75 Å². The smallest absolute Gasteiger partial charge is 0.129 e. The Bertz CT molecular complexity index is 338. The highest BCUT2D eigenvalue weighted by Gasteiger charge is 2.22. The Kier molecular flexibility index (Phi) is 3.86. The molecule has 1 atom stereocenters. The second kappa shape index (κ2) is 4.78. The normalized spacial score (nSPS) is 13.6. The predicted octanol–water partition coefficient (Wildman–Crippen LogP) is 2.75. The number of benzene rings is 1. The van der Waals surface area contributed by atoms with E-state index in [-0.39, 0.29) is 17.8 Å². The van der Waals surface area contributed by atoms with Crippen molar-refractivity contribution in [3.05, 3.63) is 29.8 Å². The zero-order valence-electron chi connectivity index (χ0n) is 9.63. The molecule has 0 fully saturated rings. The fourth-order valence-corrected chi connectivity index (χ4v) is 1.04. The molecular formula is C12H16F2O2. The van der Waals surface area contributed by atoms with E-state index in [0.29, 0.717) is 0 Å². The van der Waals surface area contributed by atoms with Crippen molar-refractivity contribution < 1.29 is 18.6 Å². The van der Waals surface area contributed by atoms with E-state index in [4.69, 9.17) is 4.74 Å². The van der Waals surface area contributed by atoms with Crippen LogP contribution in [0.1, 0.15) is 20.8 Å². The number of hydrogen-bond donors (Lipinski definition) is 1. The number of hydrogen-bond acceptors (Lipinski definition) is 2. The van der Waals surface area contributed by atoms with Gasteiger partial charge in [-0.3, -0.25) is 0 Å². The molecule has 1 aromatic rings. The first kappa shape index (κ1) is 12.9. The van der Waals surface area contributed by atoms with Crippen molar-refractivity contribution in [2.45, 2.75) is 26.9 Å². The van der Waals surface area contributed by atoms with Crippen molar-refractivity contribution in [2.24, 2.45) is 5.41 Å². The minimum Gasteiger partial charge on any atom is -0.491 e. The Labute approximate surface area is 93.9 Å². The van der Waals surface area contributed by atoms with Crippen molar-refractivity contribution in [1.82, 2.24) is 0 Å². The molecule has 1 rings (SSSR count). The van der Waals surface area contributed by atoms with E-state index >= 15 is 0 Å². The Morgan fingerprint density at radius 3 is 2.12 bits per heavy atom. The van der Waals surface area contributed by atoms with Crippen LogP contribution < -0.4 is 4.74 Å². The van der Waals surface area contributed by atoms with E-state index < -0.39 is 17.7 Å². The van der Waals surface area contributed by atoms with Gasteiger partial charge in [0.2, 0.25) is 0 Å². The van der Waals surface area contributed by atoms with Gasteiger partial charge >= 0.3 is 0 Å². The third-order valence-corrected chi connectivity index (χ3v) is 2.24. The lowest BCUT2D eigenvalue weighted by atomic mass is 9.90. The monoisotopic (exact) mass is 230 g/mol. The molecule has 0 spiro atoms. The van der Waals surface area contributed by atoms with Gasteiger partial charge in [0.15, 0.2) is 0 Å². The molecule has 90 valence electrons. The lowest BCUT2D eigenvalue weighted by molar-refractivity contribution is 0.0216. The summed E-state index contributed by atoms with van der Waals surface area (Å²) in [7, 11) is 0. The van der Waals surface area contributed by atoms with Crippen LogP contribution in [0.2, 0.25) is 0 Å². The second-order valence-corrected chi connectivity index (χ2v) is 4.80. The van der Waals surface area contributed by atoms with E-state index in [2.05, 4.69) is 0 Å². The summed E-state index contributed by atoms with van der Waals surface area (Å²) in [6.07, 6.45) is -0.696. The molecular weight excluding hydrogens is 214 g/mol. The van der Waals surface area contributed by atoms with Gasteiger partial charge in [-0.1, -0.05) is 20.8 Å². The Morgan fingerprint density at radius 2 is 1.69 bits per heavy atom. The van der Waals surface area contributed by atoms with Crippen LogP contribution in [-0.2, 0) is 0 Å². The lowest BCUT2D eigenvalue weighted by Crippen LogP contribution is -2.31. The summed E-state index contributed by atoms with van der Waals surface area (Å²) in [4.78, 5) is 0. The fraction of sp³-hybridized carbons (Fsp3) is 0.500. The standard InChI is InChI=1S/C12H16F2O2/c1-12(2,3)11(15)7-16-10-5-8(13)4-9(14)6-10/h4-6,11,15H,7H2,1-3H3. The molecule has 16 heavy (non-hydrogen) atoms. The molecule has 1 N–H and O–H groups in total. The predicted molar refractivity (Wildman–Crippen MR) is 57.3 cm³/mol. The highest BCUT2D eigenvalue weighted by atomic mass is 19.1. The van der Waals surface area contributed by atoms with Gasteiger partial charge in [-0.2, -0.15) is 0 Å². The van der Waals surface area contributed by atoms with Gasteiger partial charge < -0.3 is 9.84 Å². The maximum atomic E-state index is 12.8. The molecule has 0 radical (unpaired) electrons. The molecule has 0 heterocycles. The molecule has 2 nitrogen and oxygen atoms in total. The van der Waals surface area contributed by atoms with Crippen molar-refractivity contribution in [3.63, 3.8) is 0 Å². The van der Waals surface area contributed by atoms with Crippen LogP contribution in [0.3, 0.4) is 0 Å². The average Bonchev–Trinajstić information content (AvgIpc) is 2.11. The largest absolute Gasteiger partial charge is 0.491 e. The van der Waals surface area contributed by atoms with Crippen molar-refractivity contribution >= 4 is 0 Å². The molecule has 0 aromatic heterocycles. The minimum atomic E-state index is -0.696. The first-order valence-electron chi connectivity index (χ1n) is 5.06. The highest BCUT2D eigenvalue weighted by Crippen LogP contribution is 2.21. The Morgan fingerprint density at radius 1 is 1.19 bits per heavy atom. The van der Waals surface area contributed by atoms with E-state index in [1.807, 2.05) is 20.8 Å². The van der Waals surface area contributed by atoms with Crippen LogP contribution in [0, 0.1) is 17.0 Å². The van der Waals surface area contributed by atoms with Crippen LogP contribution in [-0.4, -0.2) is 17.8 Å². The summed E-state index contributed by atoms with van der Waals surface area (Å²) in [5, 5.41) is 9.67. The van der Waals surface area contributed by atoms with Crippen LogP contribution in [0.25, 0.3) is 0 Å². The second-order valence-electron chi connectivity index (χ2n) is 4.80. The number of ether oxygens (including phenoxy) is 1. The van der Waals surface area contributed by atoms with Gasteiger partial charge in [-0.15, -0.1) is 0 Å². The van der Waals surface area contributed by atoms with E-state index in [9.17, 15) is 13.9 Å². The maximum absolute atomic E-state index is 12.8. The van der Waals surface area contributed by atoms with Gasteiger partial charge in [-0.05, 0) is 5.41 Å². The zero-order chi connectivity index (χ0) is 12.3. The van der Waals surface area contributed by atoms with Gasteiger partial charge in [0.05, 0.1) is 6.10 Å². The van der Waals surface area contributed by atoms with Crippen molar-refractivity contribution in [2.75, 3.05) is 6.61 Å². The lowest BCUT2D eigenvalue weighted by Gasteiger charge is -2.25. The molecule has 0 saturated heterocycles. The van der Waals surface area contributed by atoms with Crippen LogP contribution >= 0.6 is 0 Å². The molecule has 0 aliphatic rings. The van der Waals surface area contributed by atoms with Gasteiger partial charge in [0.1, 0.15) is 24.0 Å². The number of rotatable bonds is 3. The zero-order valence-corrected chi connectivity index (χ0v) is 9.63. The summed E-state index contributed by atoms with van der Waals surface area (Å²) in [5.41, 5.74) is -0.328. The number of halogens is 2. The van der Waals surface area contributed by atoms with Gasteiger partial charge in [0.25, 0.3) is 0 Å². The van der Waals surface area contributed by atoms with Crippen LogP contribution in [0.4, 0.5) is 8.78 Å².